The molecule has 0 aliphatic carbocycles. The van der Waals surface area contributed by atoms with Gasteiger partial charge >= 0.3 is 0 Å². The molecule has 0 saturated carbocycles. The van der Waals surface area contributed by atoms with Crippen molar-refractivity contribution in [1.29, 1.82) is 0 Å². The molecule has 8 heavy (non-hydrogen) atoms. The van der Waals surface area contributed by atoms with Crippen molar-refractivity contribution >= 4 is 11.8 Å². The number of hydrogen-bond acceptors (Lipinski definition) is 2. The summed E-state index contributed by atoms with van der Waals surface area (Å²) >= 11 is 1.77. The average Bonchev–Trinajstić information content (AvgIpc) is 1.84. The van der Waals surface area contributed by atoms with Gasteiger partial charge in [0.1, 0.15) is 0 Å². The lowest BCUT2D eigenvalue weighted by Crippen LogP contribution is -2.02. The number of thioether (sulfide) groups is 1. The fraction of sp³-hybridized carbons (Fsp3) is 0.667. The molecule has 2 heteroatoms. The number of nitrogens with one attached hydrogen (secondary N) is 1. The third kappa shape index (κ3) is 2.26. The molecule has 0 aliphatic rings. The van der Waals surface area contributed by atoms with Gasteiger partial charge in [0.25, 0.3) is 0 Å². The molecule has 48 valence electrons. The molecule has 0 aromatic carbocycles. The monoisotopic (exact) mass is 131 g/mol. The first-order valence-electron chi connectivity index (χ1n) is 2.61. The summed E-state index contributed by atoms with van der Waals surface area (Å²) in [6, 6.07) is 0. The summed E-state index contributed by atoms with van der Waals surface area (Å²) < 4.78 is 0. The molecule has 0 amide bonds. The zero-order valence-electron chi connectivity index (χ0n) is 5.91. The van der Waals surface area contributed by atoms with Gasteiger partial charge in [-0.2, -0.15) is 0 Å². The van der Waals surface area contributed by atoms with Crippen molar-refractivity contribution in [2.75, 3.05) is 13.3 Å². The highest BCUT2D eigenvalue weighted by Gasteiger charge is 1.88. The summed E-state index contributed by atoms with van der Waals surface area (Å²) in [5, 5.41) is 3.07. The molecule has 0 heterocycles. The van der Waals surface area contributed by atoms with E-state index in [1.54, 1.807) is 11.8 Å². The molecule has 0 rings (SSSR count). The van der Waals surface area contributed by atoms with Gasteiger partial charge in [-0.1, -0.05) is 0 Å². The van der Waals surface area contributed by atoms with Crippen LogP contribution >= 0.6 is 11.8 Å². The van der Waals surface area contributed by atoms with Crippen LogP contribution in [-0.2, 0) is 0 Å². The van der Waals surface area contributed by atoms with Crippen molar-refractivity contribution < 1.29 is 0 Å². The van der Waals surface area contributed by atoms with E-state index in [1.807, 2.05) is 7.05 Å². The van der Waals surface area contributed by atoms with Crippen LogP contribution in [0.25, 0.3) is 0 Å². The third-order valence-corrected chi connectivity index (χ3v) is 2.13. The second kappa shape index (κ2) is 3.84. The van der Waals surface area contributed by atoms with Crippen LogP contribution < -0.4 is 5.32 Å². The van der Waals surface area contributed by atoms with Gasteiger partial charge in [0, 0.05) is 17.6 Å². The molecule has 1 N–H and O–H groups in total. The van der Waals surface area contributed by atoms with Gasteiger partial charge in [0.05, 0.1) is 0 Å². The van der Waals surface area contributed by atoms with E-state index in [0.717, 1.165) is 0 Å². The van der Waals surface area contributed by atoms with Crippen LogP contribution in [0, 0.1) is 0 Å². The van der Waals surface area contributed by atoms with Crippen molar-refractivity contribution in [2.45, 2.75) is 13.8 Å². The topological polar surface area (TPSA) is 12.0 Å². The van der Waals surface area contributed by atoms with Crippen molar-refractivity contribution in [3.63, 3.8) is 0 Å². The first kappa shape index (κ1) is 7.89. The predicted molar refractivity (Wildman–Crippen MR) is 40.9 cm³/mol. The molecule has 0 atom stereocenters. The van der Waals surface area contributed by atoms with E-state index in [2.05, 4.69) is 25.4 Å². The molecule has 0 aromatic rings. The van der Waals surface area contributed by atoms with Crippen LogP contribution in [0.15, 0.2) is 10.6 Å². The molecule has 0 fully saturated rings. The molecule has 0 unspecified atom stereocenters. The first-order chi connectivity index (χ1) is 3.72. The fourth-order valence-electron chi connectivity index (χ4n) is 0.329. The Hall–Kier alpha value is -0.110. The lowest BCUT2D eigenvalue weighted by atomic mass is 10.5. The molecular formula is C6H13NS. The van der Waals surface area contributed by atoms with E-state index in [-0.39, 0.29) is 0 Å². The zero-order chi connectivity index (χ0) is 6.57. The first-order valence-corrected chi connectivity index (χ1v) is 3.84. The van der Waals surface area contributed by atoms with Crippen molar-refractivity contribution in [3.8, 4) is 0 Å². The Morgan fingerprint density at radius 3 is 2.00 bits per heavy atom. The fourth-order valence-corrected chi connectivity index (χ4v) is 0.737. The summed E-state index contributed by atoms with van der Waals surface area (Å²) in [5.41, 5.74) is 1.26. The molecule has 0 aromatic heterocycles. The van der Waals surface area contributed by atoms with Crippen LogP contribution in [0.1, 0.15) is 13.8 Å². The summed E-state index contributed by atoms with van der Waals surface area (Å²) in [6.45, 7) is 4.18. The normalized spacial score (nSPS) is 13.0. The molecular weight excluding hydrogens is 118 g/mol. The van der Waals surface area contributed by atoms with Gasteiger partial charge in [-0.3, -0.25) is 0 Å². The van der Waals surface area contributed by atoms with Gasteiger partial charge in [-0.25, -0.2) is 0 Å². The van der Waals surface area contributed by atoms with Gasteiger partial charge < -0.3 is 5.32 Å². The highest BCUT2D eigenvalue weighted by Crippen LogP contribution is 2.12. The maximum absolute atomic E-state index is 3.07. The number of rotatable bonds is 2. The Balaban J connectivity index is 3.83. The maximum atomic E-state index is 3.07. The number of hydrogen-bond donors (Lipinski definition) is 1. The Morgan fingerprint density at radius 2 is 1.88 bits per heavy atom. The van der Waals surface area contributed by atoms with E-state index < -0.39 is 0 Å². The lowest BCUT2D eigenvalue weighted by molar-refractivity contribution is 0.980. The van der Waals surface area contributed by atoms with Gasteiger partial charge in [0.15, 0.2) is 0 Å². The minimum atomic E-state index is 1.26. The van der Waals surface area contributed by atoms with E-state index >= 15 is 0 Å². The standard InChI is InChI=1S/C6H13NS/c1-5(7-3)6(2)8-4/h7H,1-4H3/b6-5-. The smallest absolute Gasteiger partial charge is 0.0166 e. The summed E-state index contributed by atoms with van der Waals surface area (Å²) in [5.74, 6) is 0. The van der Waals surface area contributed by atoms with Crippen LogP contribution in [-0.4, -0.2) is 13.3 Å². The Bertz CT molecular complexity index is 84.7. The maximum Gasteiger partial charge on any atom is 0.0166 e. The predicted octanol–water partition coefficient (Wildman–Crippen LogP) is 1.82. The Labute approximate surface area is 55.5 Å². The summed E-state index contributed by atoms with van der Waals surface area (Å²) in [6.07, 6.45) is 2.08. The zero-order valence-corrected chi connectivity index (χ0v) is 6.72. The summed E-state index contributed by atoms with van der Waals surface area (Å²) in [4.78, 5) is 1.35. The Morgan fingerprint density at radius 1 is 1.38 bits per heavy atom. The second-order valence-electron chi connectivity index (χ2n) is 1.64. The van der Waals surface area contributed by atoms with Gasteiger partial charge in [-0.05, 0) is 20.1 Å². The van der Waals surface area contributed by atoms with E-state index in [9.17, 15) is 0 Å². The SMILES string of the molecule is CN/C(C)=C(/C)SC. The molecule has 1 nitrogen and oxygen atoms in total. The van der Waals surface area contributed by atoms with E-state index in [0.29, 0.717) is 0 Å². The molecule has 0 radical (unpaired) electrons. The van der Waals surface area contributed by atoms with E-state index in [4.69, 9.17) is 0 Å². The number of allylic oxidation sites excluding steroid dienone is 2. The van der Waals surface area contributed by atoms with Crippen LogP contribution in [0.4, 0.5) is 0 Å². The lowest BCUT2D eigenvalue weighted by Gasteiger charge is -2.01. The van der Waals surface area contributed by atoms with Gasteiger partial charge in [0.2, 0.25) is 0 Å². The summed E-state index contributed by atoms with van der Waals surface area (Å²) in [7, 11) is 1.94. The Kier molecular flexibility index (Phi) is 3.79. The van der Waals surface area contributed by atoms with Gasteiger partial charge in [-0.15, -0.1) is 11.8 Å². The van der Waals surface area contributed by atoms with Crippen LogP contribution in [0.3, 0.4) is 0 Å². The molecule has 0 bridgehead atoms. The second-order valence-corrected chi connectivity index (χ2v) is 2.66. The minimum absolute atomic E-state index is 1.26. The average molecular weight is 131 g/mol. The van der Waals surface area contributed by atoms with Crippen molar-refractivity contribution in [2.24, 2.45) is 0 Å². The van der Waals surface area contributed by atoms with Crippen molar-refractivity contribution in [1.82, 2.24) is 5.32 Å². The quantitative estimate of drug-likeness (QED) is 0.613. The highest BCUT2D eigenvalue weighted by molar-refractivity contribution is 8.02. The largest absolute Gasteiger partial charge is 0.391 e. The molecule has 0 spiro atoms. The molecule has 0 aliphatic heterocycles. The van der Waals surface area contributed by atoms with Crippen molar-refractivity contribution in [3.05, 3.63) is 10.6 Å². The molecule has 0 saturated heterocycles. The van der Waals surface area contributed by atoms with Crippen LogP contribution in [0.5, 0.6) is 0 Å². The third-order valence-electron chi connectivity index (χ3n) is 1.21. The highest BCUT2D eigenvalue weighted by atomic mass is 32.2. The van der Waals surface area contributed by atoms with Crippen LogP contribution in [0.2, 0.25) is 0 Å². The van der Waals surface area contributed by atoms with E-state index in [1.165, 1.54) is 10.6 Å². The minimum Gasteiger partial charge on any atom is -0.391 e.